The summed E-state index contributed by atoms with van der Waals surface area (Å²) in [6, 6.07) is 17.2. The third-order valence-corrected chi connectivity index (χ3v) is 4.91. The van der Waals surface area contributed by atoms with E-state index >= 15 is 0 Å². The zero-order valence-electron chi connectivity index (χ0n) is 15.0. The summed E-state index contributed by atoms with van der Waals surface area (Å²) in [4.78, 5) is 14.9. The van der Waals surface area contributed by atoms with Crippen LogP contribution in [0.4, 0.5) is 4.79 Å². The van der Waals surface area contributed by atoms with E-state index in [9.17, 15) is 4.79 Å². The number of benzene rings is 2. The normalized spacial score (nSPS) is 15.6. The van der Waals surface area contributed by atoms with Crippen LogP contribution in [0.5, 0.6) is 0 Å². The van der Waals surface area contributed by atoms with E-state index in [-0.39, 0.29) is 0 Å². The molecule has 0 saturated carbocycles. The highest BCUT2D eigenvalue weighted by molar-refractivity contribution is 5.65. The van der Waals surface area contributed by atoms with Crippen LogP contribution in [0.3, 0.4) is 0 Å². The predicted molar refractivity (Wildman–Crippen MR) is 101 cm³/mol. The standard InChI is InChI=1S/C21H26N2O2/c1-16(2)20-14-18(17-6-4-3-5-7-17)8-9-19(20)15-22-10-12-23(13-11-22)21(24)25/h3-9,14,16H,10-13,15H2,1-2H3,(H,24,25). The molecular weight excluding hydrogens is 312 g/mol. The molecule has 0 aliphatic carbocycles. The summed E-state index contributed by atoms with van der Waals surface area (Å²) < 4.78 is 0. The monoisotopic (exact) mass is 338 g/mol. The first-order chi connectivity index (χ1) is 12.0. The molecule has 4 heteroatoms. The molecule has 0 bridgehead atoms. The van der Waals surface area contributed by atoms with E-state index < -0.39 is 6.09 Å². The van der Waals surface area contributed by atoms with E-state index in [1.165, 1.54) is 27.2 Å². The van der Waals surface area contributed by atoms with Crippen molar-refractivity contribution < 1.29 is 9.90 Å². The lowest BCUT2D eigenvalue weighted by atomic mass is 9.92. The van der Waals surface area contributed by atoms with E-state index in [2.05, 4.69) is 61.2 Å². The van der Waals surface area contributed by atoms with Gasteiger partial charge in [-0.15, -0.1) is 0 Å². The molecule has 1 aliphatic rings. The molecule has 0 atom stereocenters. The van der Waals surface area contributed by atoms with Crippen LogP contribution in [0.1, 0.15) is 30.9 Å². The Morgan fingerprint density at radius 3 is 2.28 bits per heavy atom. The van der Waals surface area contributed by atoms with Crippen molar-refractivity contribution in [2.24, 2.45) is 0 Å². The van der Waals surface area contributed by atoms with Crippen LogP contribution < -0.4 is 0 Å². The fourth-order valence-electron chi connectivity index (χ4n) is 3.42. The van der Waals surface area contributed by atoms with Gasteiger partial charge < -0.3 is 10.0 Å². The highest BCUT2D eigenvalue weighted by Gasteiger charge is 2.21. The molecule has 1 fully saturated rings. The number of hydrogen-bond acceptors (Lipinski definition) is 2. The third kappa shape index (κ3) is 4.20. The second-order valence-electron chi connectivity index (χ2n) is 6.98. The Morgan fingerprint density at radius 1 is 1.00 bits per heavy atom. The van der Waals surface area contributed by atoms with E-state index in [0.717, 1.165) is 19.6 Å². The first-order valence-corrected chi connectivity index (χ1v) is 8.93. The summed E-state index contributed by atoms with van der Waals surface area (Å²) in [5.41, 5.74) is 5.22. The van der Waals surface area contributed by atoms with Crippen molar-refractivity contribution in [2.45, 2.75) is 26.3 Å². The van der Waals surface area contributed by atoms with Crippen LogP contribution in [-0.2, 0) is 6.54 Å². The lowest BCUT2D eigenvalue weighted by Gasteiger charge is -2.33. The van der Waals surface area contributed by atoms with Gasteiger partial charge in [-0.1, -0.05) is 62.4 Å². The van der Waals surface area contributed by atoms with Crippen LogP contribution >= 0.6 is 0 Å². The van der Waals surface area contributed by atoms with Gasteiger partial charge in [-0.25, -0.2) is 4.79 Å². The Balaban J connectivity index is 1.76. The van der Waals surface area contributed by atoms with Gasteiger partial charge in [0.2, 0.25) is 0 Å². The number of rotatable bonds is 4. The van der Waals surface area contributed by atoms with Crippen molar-refractivity contribution in [3.05, 3.63) is 59.7 Å². The van der Waals surface area contributed by atoms with Crippen LogP contribution in [-0.4, -0.2) is 47.2 Å². The molecule has 1 heterocycles. The van der Waals surface area contributed by atoms with Gasteiger partial charge in [0.15, 0.2) is 0 Å². The molecule has 3 rings (SSSR count). The Hall–Kier alpha value is -2.33. The summed E-state index contributed by atoms with van der Waals surface area (Å²) in [5.74, 6) is 0.457. The third-order valence-electron chi connectivity index (χ3n) is 4.91. The van der Waals surface area contributed by atoms with E-state index in [0.29, 0.717) is 19.0 Å². The summed E-state index contributed by atoms with van der Waals surface area (Å²) in [6.07, 6.45) is -0.810. The Labute approximate surface area is 149 Å². The summed E-state index contributed by atoms with van der Waals surface area (Å²) in [5, 5.41) is 9.08. The number of nitrogens with zero attached hydrogens (tertiary/aromatic N) is 2. The fraction of sp³-hybridized carbons (Fsp3) is 0.381. The molecule has 1 amide bonds. The minimum atomic E-state index is -0.810. The second-order valence-corrected chi connectivity index (χ2v) is 6.98. The van der Waals surface area contributed by atoms with Crippen LogP contribution in [0.15, 0.2) is 48.5 Å². The Bertz CT molecular complexity index is 720. The molecule has 1 aliphatic heterocycles. The van der Waals surface area contributed by atoms with Gasteiger partial charge in [0.1, 0.15) is 0 Å². The van der Waals surface area contributed by atoms with Crippen molar-refractivity contribution >= 4 is 6.09 Å². The molecule has 4 nitrogen and oxygen atoms in total. The van der Waals surface area contributed by atoms with E-state index in [1.807, 2.05) is 6.07 Å². The molecule has 0 radical (unpaired) electrons. The predicted octanol–water partition coefficient (Wildman–Crippen LogP) is 4.27. The highest BCUT2D eigenvalue weighted by Crippen LogP contribution is 2.28. The zero-order valence-corrected chi connectivity index (χ0v) is 15.0. The van der Waals surface area contributed by atoms with Crippen molar-refractivity contribution in [3.8, 4) is 11.1 Å². The van der Waals surface area contributed by atoms with Crippen LogP contribution in [0, 0.1) is 0 Å². The van der Waals surface area contributed by atoms with Gasteiger partial charge in [-0.3, -0.25) is 4.90 Å². The first kappa shape index (κ1) is 17.5. The van der Waals surface area contributed by atoms with E-state index in [1.54, 1.807) is 0 Å². The van der Waals surface area contributed by atoms with Gasteiger partial charge in [0.25, 0.3) is 0 Å². The molecule has 25 heavy (non-hydrogen) atoms. The quantitative estimate of drug-likeness (QED) is 0.905. The fourth-order valence-corrected chi connectivity index (χ4v) is 3.42. The molecular formula is C21H26N2O2. The lowest BCUT2D eigenvalue weighted by Crippen LogP contribution is -2.47. The van der Waals surface area contributed by atoms with Crippen molar-refractivity contribution in [2.75, 3.05) is 26.2 Å². The molecule has 0 aromatic heterocycles. The Morgan fingerprint density at radius 2 is 1.68 bits per heavy atom. The molecule has 0 unspecified atom stereocenters. The minimum absolute atomic E-state index is 0.457. The Kier molecular flexibility index (Phi) is 5.39. The topological polar surface area (TPSA) is 43.8 Å². The largest absolute Gasteiger partial charge is 0.465 e. The van der Waals surface area contributed by atoms with Gasteiger partial charge in [-0.2, -0.15) is 0 Å². The maximum atomic E-state index is 11.0. The van der Waals surface area contributed by atoms with Crippen LogP contribution in [0.2, 0.25) is 0 Å². The maximum absolute atomic E-state index is 11.0. The van der Waals surface area contributed by atoms with Gasteiger partial charge in [0, 0.05) is 32.7 Å². The summed E-state index contributed by atoms with van der Waals surface area (Å²) in [7, 11) is 0. The average molecular weight is 338 g/mol. The molecule has 132 valence electrons. The molecule has 2 aromatic rings. The summed E-state index contributed by atoms with van der Waals surface area (Å²) in [6.45, 7) is 8.12. The van der Waals surface area contributed by atoms with Crippen molar-refractivity contribution in [1.29, 1.82) is 0 Å². The SMILES string of the molecule is CC(C)c1cc(-c2ccccc2)ccc1CN1CCN(C(=O)O)CC1. The van der Waals surface area contributed by atoms with Gasteiger partial charge in [0.05, 0.1) is 0 Å². The number of amides is 1. The average Bonchev–Trinajstić information content (AvgIpc) is 2.63. The minimum Gasteiger partial charge on any atom is -0.465 e. The summed E-state index contributed by atoms with van der Waals surface area (Å²) >= 11 is 0. The number of piperazine rings is 1. The first-order valence-electron chi connectivity index (χ1n) is 8.93. The second kappa shape index (κ2) is 7.70. The maximum Gasteiger partial charge on any atom is 0.407 e. The van der Waals surface area contributed by atoms with Gasteiger partial charge in [-0.05, 0) is 28.2 Å². The molecule has 1 saturated heterocycles. The van der Waals surface area contributed by atoms with Crippen LogP contribution in [0.25, 0.3) is 11.1 Å². The van der Waals surface area contributed by atoms with E-state index in [4.69, 9.17) is 5.11 Å². The number of hydrogen-bond donors (Lipinski definition) is 1. The molecule has 1 N–H and O–H groups in total. The zero-order chi connectivity index (χ0) is 17.8. The van der Waals surface area contributed by atoms with Gasteiger partial charge >= 0.3 is 6.09 Å². The number of carboxylic acid groups (broad SMARTS) is 1. The van der Waals surface area contributed by atoms with Crippen molar-refractivity contribution in [3.63, 3.8) is 0 Å². The van der Waals surface area contributed by atoms with Crippen molar-refractivity contribution in [1.82, 2.24) is 9.80 Å². The molecule has 2 aromatic carbocycles. The number of carbonyl (C=O) groups is 1. The lowest BCUT2D eigenvalue weighted by molar-refractivity contribution is 0.103. The molecule has 0 spiro atoms. The smallest absolute Gasteiger partial charge is 0.407 e. The highest BCUT2D eigenvalue weighted by atomic mass is 16.4.